The molecule has 4 unspecified atom stereocenters. The lowest BCUT2D eigenvalue weighted by molar-refractivity contribution is -0.141. The molecule has 0 fully saturated rings. The number of amides is 7. The number of ether oxygens (including phenoxy) is 2. The number of nitrogens with zero attached hydrogens (tertiary/aromatic N) is 4. The quantitative estimate of drug-likeness (QED) is 0.0742. The van der Waals surface area contributed by atoms with Gasteiger partial charge in [0.1, 0.15) is 55.4 Å². The Balaban J connectivity index is 1.58. The van der Waals surface area contributed by atoms with Crippen LogP contribution in [0, 0.1) is 18.3 Å². The minimum absolute atomic E-state index is 0.0225. The highest BCUT2D eigenvalue weighted by Crippen LogP contribution is 2.40. The van der Waals surface area contributed by atoms with E-state index >= 15 is 0 Å². The van der Waals surface area contributed by atoms with Crippen molar-refractivity contribution in [2.24, 2.45) is 17.2 Å². The highest BCUT2D eigenvalue weighted by molar-refractivity contribution is 6.00. The summed E-state index contributed by atoms with van der Waals surface area (Å²) in [4.78, 5) is 92.6. The Hall–Kier alpha value is -7.63. The number of primary amides is 1. The van der Waals surface area contributed by atoms with Gasteiger partial charge >= 0.3 is 6.03 Å². The Labute approximate surface area is 395 Å². The SMILES string of the molecule is Cc1nc(-c2ccc(C(C)(C)C)cc2)ncc1C(=O)NC(CCNC(N)=O)C(=O)N(C)C1C(=O)NC(C)C(=O)NC(C(=O)NCC#N)Cc2ccc(OCCN)c(c2)-c2cc1ccc2OCCN. The van der Waals surface area contributed by atoms with Crippen LogP contribution in [0.4, 0.5) is 4.79 Å². The van der Waals surface area contributed by atoms with Gasteiger partial charge in [-0.3, -0.25) is 24.0 Å². The molecule has 1 aliphatic rings. The van der Waals surface area contributed by atoms with E-state index in [1.54, 1.807) is 43.3 Å². The van der Waals surface area contributed by atoms with Crippen LogP contribution in [-0.2, 0) is 31.0 Å². The molecule has 2 heterocycles. The molecule has 11 N–H and O–H groups in total. The van der Waals surface area contributed by atoms with Crippen LogP contribution in [-0.4, -0.2) is 115 Å². The van der Waals surface area contributed by atoms with Gasteiger partial charge in [0.05, 0.1) is 17.3 Å². The Morgan fingerprint density at radius 2 is 1.57 bits per heavy atom. The van der Waals surface area contributed by atoms with E-state index in [0.717, 1.165) is 16.0 Å². The lowest BCUT2D eigenvalue weighted by Gasteiger charge is -2.32. The number of rotatable bonds is 16. The Morgan fingerprint density at radius 3 is 2.18 bits per heavy atom. The molecule has 0 saturated carbocycles. The molecular formula is C48H60N12O8. The van der Waals surface area contributed by atoms with Crippen molar-refractivity contribution in [3.05, 3.63) is 94.8 Å². The first-order chi connectivity index (χ1) is 32.4. The van der Waals surface area contributed by atoms with Crippen LogP contribution in [0.15, 0.2) is 66.9 Å². The van der Waals surface area contributed by atoms with E-state index in [9.17, 15) is 34.0 Å². The molecule has 3 aromatic carbocycles. The predicted molar refractivity (Wildman–Crippen MR) is 253 cm³/mol. The second-order valence-electron chi connectivity index (χ2n) is 17.2. The fourth-order valence-corrected chi connectivity index (χ4v) is 7.49. The summed E-state index contributed by atoms with van der Waals surface area (Å²) in [6.07, 6.45) is 1.18. The van der Waals surface area contributed by atoms with Gasteiger partial charge in [-0.2, -0.15) is 5.26 Å². The number of likely N-dealkylation sites (N-methyl/N-ethyl adjacent to an activating group) is 1. The fourth-order valence-electron chi connectivity index (χ4n) is 7.49. The minimum atomic E-state index is -1.48. The van der Waals surface area contributed by atoms with E-state index in [4.69, 9.17) is 26.7 Å². The standard InChI is InChI=1S/C48H60N12O8/c1-27-35(26-55-41(56-27)30-8-11-32(12-9-30)48(3,4)5)43(62)58-36(15-19-54-47(52)66)46(65)60(6)40-31-10-14-39(68-22-18-51)34(25-31)33-23-29(7-13-38(33)67-21-17-50)24-37(44(63)53-20-16-49)59-42(61)28(2)57-45(40)64/h7-14,23,25-26,28,36-37,40H,15,17-22,24,50-51H2,1-6H3,(H,53,63)(H,57,64)(H,58,62)(H,59,61)(H3,52,54,66). The summed E-state index contributed by atoms with van der Waals surface area (Å²) >= 11 is 0. The number of urea groups is 1. The molecule has 0 spiro atoms. The second kappa shape index (κ2) is 23.2. The minimum Gasteiger partial charge on any atom is -0.492 e. The predicted octanol–water partition coefficient (Wildman–Crippen LogP) is 1.63. The summed E-state index contributed by atoms with van der Waals surface area (Å²) in [7, 11) is 1.36. The van der Waals surface area contributed by atoms with Gasteiger partial charge in [-0.25, -0.2) is 14.8 Å². The molecule has 5 rings (SSSR count). The first-order valence-electron chi connectivity index (χ1n) is 22.1. The van der Waals surface area contributed by atoms with Gasteiger partial charge in [0.15, 0.2) is 5.82 Å². The van der Waals surface area contributed by atoms with Crippen LogP contribution in [0.5, 0.6) is 11.5 Å². The number of nitrogens with one attached hydrogen (secondary N) is 5. The largest absolute Gasteiger partial charge is 0.492 e. The number of fused-ring (bicyclic) bond motifs is 5. The van der Waals surface area contributed by atoms with Crippen LogP contribution in [0.1, 0.15) is 72.9 Å². The lowest BCUT2D eigenvalue weighted by atomic mass is 9.87. The number of hydrogen-bond donors (Lipinski definition) is 8. The summed E-state index contributed by atoms with van der Waals surface area (Å²) in [6.45, 7) is 9.48. The van der Waals surface area contributed by atoms with Gasteiger partial charge < -0.3 is 58.2 Å². The third-order valence-corrected chi connectivity index (χ3v) is 11.1. The van der Waals surface area contributed by atoms with E-state index in [1.807, 2.05) is 30.3 Å². The number of benzene rings is 3. The van der Waals surface area contributed by atoms with Crippen molar-refractivity contribution < 1.29 is 38.2 Å². The number of aryl methyl sites for hydroxylation is 1. The summed E-state index contributed by atoms with van der Waals surface area (Å²) < 4.78 is 12.2. The molecule has 0 saturated heterocycles. The molecular weight excluding hydrogens is 873 g/mol. The van der Waals surface area contributed by atoms with Crippen LogP contribution in [0.2, 0.25) is 0 Å². The highest BCUT2D eigenvalue weighted by Gasteiger charge is 2.36. The molecule has 4 aromatic rings. The van der Waals surface area contributed by atoms with Gasteiger partial charge in [0, 0.05) is 56.0 Å². The molecule has 4 atom stereocenters. The van der Waals surface area contributed by atoms with E-state index < -0.39 is 59.7 Å². The third kappa shape index (κ3) is 13.0. The van der Waals surface area contributed by atoms with E-state index in [-0.39, 0.29) is 68.8 Å². The fraction of sp³-hybridized carbons (Fsp3) is 0.396. The summed E-state index contributed by atoms with van der Waals surface area (Å²) in [5.41, 5.74) is 21.0. The number of carbonyl (C=O) groups excluding carboxylic acids is 6. The number of aromatic nitrogens is 2. The van der Waals surface area contributed by atoms with Crippen LogP contribution >= 0.6 is 0 Å². The first-order valence-corrected chi connectivity index (χ1v) is 22.1. The maximum atomic E-state index is 14.8. The second-order valence-corrected chi connectivity index (χ2v) is 17.2. The maximum Gasteiger partial charge on any atom is 0.312 e. The number of carbonyl (C=O) groups is 6. The number of hydrogen-bond acceptors (Lipinski definition) is 13. The zero-order valence-corrected chi connectivity index (χ0v) is 39.1. The zero-order valence-electron chi connectivity index (χ0n) is 39.1. The molecule has 68 heavy (non-hydrogen) atoms. The van der Waals surface area contributed by atoms with E-state index in [0.29, 0.717) is 39.7 Å². The van der Waals surface area contributed by atoms with Crippen LogP contribution in [0.3, 0.4) is 0 Å². The first kappa shape index (κ1) is 51.4. The Bertz CT molecular complexity index is 2540. The van der Waals surface area contributed by atoms with Crippen LogP contribution < -0.4 is 53.3 Å². The monoisotopic (exact) mass is 932 g/mol. The molecule has 20 nitrogen and oxygen atoms in total. The van der Waals surface area contributed by atoms with Crippen molar-refractivity contribution in [2.45, 2.75) is 77.0 Å². The average molecular weight is 933 g/mol. The summed E-state index contributed by atoms with van der Waals surface area (Å²) in [5, 5.41) is 22.2. The normalized spacial score (nSPS) is 16.4. The zero-order chi connectivity index (χ0) is 49.7. The Morgan fingerprint density at radius 1 is 0.926 bits per heavy atom. The number of nitrogens with two attached hydrogens (primary N) is 3. The smallest absolute Gasteiger partial charge is 0.312 e. The van der Waals surface area contributed by atoms with Gasteiger partial charge in [-0.05, 0) is 66.6 Å². The Kier molecular flexibility index (Phi) is 17.5. The molecule has 7 amide bonds. The van der Waals surface area contributed by atoms with Crippen molar-refractivity contribution in [3.63, 3.8) is 0 Å². The highest BCUT2D eigenvalue weighted by atomic mass is 16.5. The molecule has 0 aliphatic carbocycles. The van der Waals surface area contributed by atoms with Crippen molar-refractivity contribution in [3.8, 4) is 40.1 Å². The van der Waals surface area contributed by atoms with Gasteiger partial charge in [-0.15, -0.1) is 0 Å². The van der Waals surface area contributed by atoms with Gasteiger partial charge in [0.2, 0.25) is 23.6 Å². The molecule has 4 bridgehead atoms. The topological polar surface area (TPSA) is 312 Å². The van der Waals surface area contributed by atoms with Crippen LogP contribution in [0.25, 0.3) is 22.5 Å². The molecule has 20 heteroatoms. The third-order valence-electron chi connectivity index (χ3n) is 11.1. The van der Waals surface area contributed by atoms with Crippen molar-refractivity contribution >= 4 is 35.6 Å². The summed E-state index contributed by atoms with van der Waals surface area (Å²) in [6, 6.07) is 13.5. The van der Waals surface area contributed by atoms with Crippen molar-refractivity contribution in [1.82, 2.24) is 41.5 Å². The van der Waals surface area contributed by atoms with Crippen molar-refractivity contribution in [1.29, 1.82) is 5.26 Å². The maximum absolute atomic E-state index is 14.8. The number of nitriles is 1. The van der Waals surface area contributed by atoms with Gasteiger partial charge in [-0.1, -0.05) is 57.2 Å². The van der Waals surface area contributed by atoms with E-state index in [2.05, 4.69) is 57.3 Å². The molecule has 360 valence electrons. The molecule has 1 aliphatic heterocycles. The van der Waals surface area contributed by atoms with Gasteiger partial charge in [0.25, 0.3) is 5.91 Å². The summed E-state index contributed by atoms with van der Waals surface area (Å²) in [5.74, 6) is -2.55. The lowest BCUT2D eigenvalue weighted by Crippen LogP contribution is -2.56. The van der Waals surface area contributed by atoms with E-state index in [1.165, 1.54) is 20.2 Å². The average Bonchev–Trinajstić information content (AvgIpc) is 3.30. The van der Waals surface area contributed by atoms with Crippen molar-refractivity contribution in [2.75, 3.05) is 46.4 Å². The molecule has 0 radical (unpaired) electrons. The molecule has 1 aromatic heterocycles.